The zero-order valence-electron chi connectivity index (χ0n) is 19.0. The van der Waals surface area contributed by atoms with Gasteiger partial charge < -0.3 is 14.5 Å². The van der Waals surface area contributed by atoms with Crippen molar-refractivity contribution in [2.75, 3.05) is 26.4 Å². The number of ether oxygens (including phenoxy) is 2. The van der Waals surface area contributed by atoms with Crippen molar-refractivity contribution in [1.82, 2.24) is 38.6 Å². The molecule has 2 fully saturated rings. The summed E-state index contributed by atoms with van der Waals surface area (Å²) in [5, 5.41) is 0.311. The first-order chi connectivity index (χ1) is 16.9. The number of nitrogens with one attached hydrogen (secondary N) is 1. The molecule has 0 unspecified atom stereocenters. The normalized spacial score (nSPS) is 17.6. The lowest BCUT2D eigenvalue weighted by molar-refractivity contribution is 0.0694. The number of rotatable bonds is 2. The molecular formula is C21H24Cl2N8O4. The van der Waals surface area contributed by atoms with Gasteiger partial charge in [-0.2, -0.15) is 9.97 Å². The largest absolute Gasteiger partial charge is 0.381 e. The van der Waals surface area contributed by atoms with Gasteiger partial charge >= 0.3 is 11.4 Å². The maximum absolute atomic E-state index is 12.3. The van der Waals surface area contributed by atoms with E-state index in [1.54, 1.807) is 26.9 Å². The van der Waals surface area contributed by atoms with E-state index in [0.29, 0.717) is 48.8 Å². The Morgan fingerprint density at radius 2 is 1.40 bits per heavy atom. The molecule has 0 bridgehead atoms. The van der Waals surface area contributed by atoms with Crippen LogP contribution in [0.2, 0.25) is 10.6 Å². The van der Waals surface area contributed by atoms with Gasteiger partial charge in [0.1, 0.15) is 11.0 Å². The average Bonchev–Trinajstić information content (AvgIpc) is 3.32. The van der Waals surface area contributed by atoms with Gasteiger partial charge in [-0.15, -0.1) is 0 Å². The van der Waals surface area contributed by atoms with Crippen molar-refractivity contribution in [3.05, 3.63) is 43.9 Å². The summed E-state index contributed by atoms with van der Waals surface area (Å²) in [5.41, 5.74) is 2.26. The van der Waals surface area contributed by atoms with E-state index in [-0.39, 0.29) is 34.0 Å². The Morgan fingerprint density at radius 3 is 2.03 bits per heavy atom. The van der Waals surface area contributed by atoms with Gasteiger partial charge in [0.15, 0.2) is 11.3 Å². The van der Waals surface area contributed by atoms with Crippen molar-refractivity contribution >= 4 is 45.5 Å². The van der Waals surface area contributed by atoms with E-state index in [2.05, 4.69) is 24.9 Å². The summed E-state index contributed by atoms with van der Waals surface area (Å²) >= 11 is 11.6. The minimum Gasteiger partial charge on any atom is -0.381 e. The summed E-state index contributed by atoms with van der Waals surface area (Å²) in [4.78, 5) is 43.0. The predicted molar refractivity (Wildman–Crippen MR) is 129 cm³/mol. The Kier molecular flexibility index (Phi) is 6.87. The highest BCUT2D eigenvalue weighted by atomic mass is 35.5. The van der Waals surface area contributed by atoms with Crippen molar-refractivity contribution in [3.63, 3.8) is 0 Å². The van der Waals surface area contributed by atoms with E-state index in [9.17, 15) is 9.59 Å². The topological polar surface area (TPSA) is 135 Å². The van der Waals surface area contributed by atoms with Gasteiger partial charge in [0, 0.05) is 45.6 Å². The van der Waals surface area contributed by atoms with Crippen LogP contribution >= 0.6 is 23.2 Å². The van der Waals surface area contributed by atoms with Gasteiger partial charge in [-0.3, -0.25) is 13.7 Å². The van der Waals surface area contributed by atoms with E-state index in [0.717, 1.165) is 25.7 Å². The molecule has 4 aromatic heterocycles. The molecule has 2 saturated heterocycles. The molecule has 0 amide bonds. The van der Waals surface area contributed by atoms with Crippen LogP contribution in [0.15, 0.2) is 22.0 Å². The summed E-state index contributed by atoms with van der Waals surface area (Å²) in [7, 11) is 1.72. The zero-order valence-corrected chi connectivity index (χ0v) is 20.5. The molecule has 2 aliphatic heterocycles. The quantitative estimate of drug-likeness (QED) is 0.396. The van der Waals surface area contributed by atoms with Crippen molar-refractivity contribution in [3.8, 4) is 0 Å². The molecule has 2 aliphatic rings. The summed E-state index contributed by atoms with van der Waals surface area (Å²) in [6.07, 6.45) is 6.38. The van der Waals surface area contributed by atoms with Gasteiger partial charge in [-0.1, -0.05) is 0 Å². The Balaban J connectivity index is 0.000000145. The second-order valence-corrected chi connectivity index (χ2v) is 9.10. The molecule has 0 spiro atoms. The third kappa shape index (κ3) is 4.70. The molecule has 6 heterocycles. The fourth-order valence-corrected chi connectivity index (χ4v) is 4.82. The molecule has 0 radical (unpaired) electrons. The SMILES string of the molecule is Cn1c(=O)n(C2CCOCC2)c2nc(Cl)ncc21.O=c1[nH]c2cnc(Cl)nc2n1C1CCOCC1. The monoisotopic (exact) mass is 522 g/mol. The second kappa shape index (κ2) is 10.1. The number of aromatic amines is 1. The number of imidazole rings is 2. The Labute approximate surface area is 208 Å². The Hall–Kier alpha value is -2.80. The summed E-state index contributed by atoms with van der Waals surface area (Å²) in [6, 6.07) is 0.247. The molecule has 186 valence electrons. The highest BCUT2D eigenvalue weighted by Gasteiger charge is 2.23. The standard InChI is InChI=1S/C11H13ClN4O2.C10H11ClN4O2/c1-15-8-6-13-10(12)14-9(8)16(11(15)17)7-2-4-18-5-3-7;11-9-12-5-7-8(14-9)15(10(16)13-7)6-1-3-17-4-2-6/h6-7H,2-5H2,1H3;5-6H,1-4H2,(H,13,16). The number of H-pyrrole nitrogens is 1. The van der Waals surface area contributed by atoms with Crippen LogP contribution in [0.5, 0.6) is 0 Å². The first-order valence-corrected chi connectivity index (χ1v) is 12.1. The van der Waals surface area contributed by atoms with Crippen LogP contribution in [0.3, 0.4) is 0 Å². The van der Waals surface area contributed by atoms with E-state index in [1.807, 2.05) is 0 Å². The second-order valence-electron chi connectivity index (χ2n) is 8.42. The molecule has 0 aliphatic carbocycles. The van der Waals surface area contributed by atoms with Crippen LogP contribution in [-0.4, -0.2) is 65.0 Å². The molecule has 12 nitrogen and oxygen atoms in total. The lowest BCUT2D eigenvalue weighted by Gasteiger charge is -2.22. The summed E-state index contributed by atoms with van der Waals surface area (Å²) in [5.74, 6) is 0. The molecular weight excluding hydrogens is 499 g/mol. The highest BCUT2D eigenvalue weighted by molar-refractivity contribution is 6.28. The van der Waals surface area contributed by atoms with Gasteiger partial charge in [-0.25, -0.2) is 19.6 Å². The molecule has 14 heteroatoms. The van der Waals surface area contributed by atoms with Gasteiger partial charge in [0.2, 0.25) is 10.6 Å². The van der Waals surface area contributed by atoms with Gasteiger partial charge in [0.25, 0.3) is 0 Å². The van der Waals surface area contributed by atoms with Crippen molar-refractivity contribution in [2.24, 2.45) is 7.05 Å². The first-order valence-electron chi connectivity index (χ1n) is 11.3. The van der Waals surface area contributed by atoms with Gasteiger partial charge in [-0.05, 0) is 48.9 Å². The lowest BCUT2D eigenvalue weighted by Crippen LogP contribution is -2.30. The van der Waals surface area contributed by atoms with Crippen molar-refractivity contribution < 1.29 is 9.47 Å². The van der Waals surface area contributed by atoms with Crippen LogP contribution in [0, 0.1) is 0 Å². The Bertz CT molecular complexity index is 1460. The van der Waals surface area contributed by atoms with Crippen molar-refractivity contribution in [2.45, 2.75) is 37.8 Å². The fraction of sp³-hybridized carbons (Fsp3) is 0.524. The zero-order chi connectivity index (χ0) is 24.5. The van der Waals surface area contributed by atoms with Crippen LogP contribution in [0.4, 0.5) is 0 Å². The van der Waals surface area contributed by atoms with Crippen LogP contribution < -0.4 is 11.4 Å². The minimum atomic E-state index is -0.163. The molecule has 6 rings (SSSR count). The number of halogens is 2. The number of hydrogen-bond donors (Lipinski definition) is 1. The van der Waals surface area contributed by atoms with Crippen LogP contribution in [0.25, 0.3) is 22.3 Å². The maximum atomic E-state index is 12.3. The predicted octanol–water partition coefficient (Wildman–Crippen LogP) is 2.26. The minimum absolute atomic E-state index is 0.0755. The number of nitrogens with zero attached hydrogens (tertiary/aromatic N) is 7. The van der Waals surface area contributed by atoms with Crippen LogP contribution in [0.1, 0.15) is 37.8 Å². The highest BCUT2D eigenvalue weighted by Crippen LogP contribution is 2.24. The van der Waals surface area contributed by atoms with E-state index in [1.165, 1.54) is 6.20 Å². The third-order valence-electron chi connectivity index (χ3n) is 6.34. The lowest BCUT2D eigenvalue weighted by atomic mass is 10.1. The van der Waals surface area contributed by atoms with E-state index >= 15 is 0 Å². The molecule has 1 N–H and O–H groups in total. The number of aromatic nitrogens is 8. The number of hydrogen-bond acceptors (Lipinski definition) is 8. The number of aryl methyl sites for hydroxylation is 1. The van der Waals surface area contributed by atoms with Crippen LogP contribution in [-0.2, 0) is 16.5 Å². The number of fused-ring (bicyclic) bond motifs is 2. The Morgan fingerprint density at radius 1 is 0.857 bits per heavy atom. The first kappa shape index (κ1) is 23.9. The maximum Gasteiger partial charge on any atom is 0.330 e. The smallest absolute Gasteiger partial charge is 0.330 e. The third-order valence-corrected chi connectivity index (χ3v) is 6.71. The molecule has 4 aromatic rings. The fourth-order valence-electron chi connectivity index (χ4n) is 4.56. The average molecular weight is 523 g/mol. The summed E-state index contributed by atoms with van der Waals surface area (Å²) < 4.78 is 15.5. The summed E-state index contributed by atoms with van der Waals surface area (Å²) in [6.45, 7) is 2.68. The van der Waals surface area contributed by atoms with Crippen molar-refractivity contribution in [1.29, 1.82) is 0 Å². The molecule has 0 atom stereocenters. The van der Waals surface area contributed by atoms with E-state index in [4.69, 9.17) is 32.7 Å². The molecule has 0 aromatic carbocycles. The van der Waals surface area contributed by atoms with Gasteiger partial charge in [0.05, 0.1) is 12.4 Å². The molecule has 35 heavy (non-hydrogen) atoms. The molecule has 0 saturated carbocycles. The van der Waals surface area contributed by atoms with E-state index < -0.39 is 0 Å².